The third-order valence-corrected chi connectivity index (χ3v) is 5.99. The topological polar surface area (TPSA) is 135 Å². The Kier molecular flexibility index (Phi) is 9.69. The zero-order valence-corrected chi connectivity index (χ0v) is 19.5. The maximum atomic E-state index is 12.9. The van der Waals surface area contributed by atoms with E-state index < -0.39 is 29.9 Å². The molecule has 34 heavy (non-hydrogen) atoms. The molecule has 0 aromatic heterocycles. The van der Waals surface area contributed by atoms with Gasteiger partial charge in [0.25, 0.3) is 0 Å². The molecule has 1 aromatic carbocycles. The van der Waals surface area contributed by atoms with Gasteiger partial charge in [0.2, 0.25) is 11.8 Å². The highest BCUT2D eigenvalue weighted by molar-refractivity contribution is 6.02. The van der Waals surface area contributed by atoms with E-state index in [-0.39, 0.29) is 37.6 Å². The van der Waals surface area contributed by atoms with E-state index in [9.17, 15) is 19.2 Å². The van der Waals surface area contributed by atoms with Gasteiger partial charge >= 0.3 is 12.1 Å². The van der Waals surface area contributed by atoms with Crippen LogP contribution in [0.15, 0.2) is 30.3 Å². The Balaban J connectivity index is 1.43. The SMILES string of the molecule is COC(=O)[C@H](CCCNC(=O)OCc1ccccc1)NC(=O)[C@@H](C(=O)N[C@H]1CCCN1)C1CC1. The van der Waals surface area contributed by atoms with E-state index in [4.69, 9.17) is 9.47 Å². The molecular weight excluding hydrogens is 440 g/mol. The second kappa shape index (κ2) is 12.9. The van der Waals surface area contributed by atoms with Gasteiger partial charge in [-0.05, 0) is 56.6 Å². The maximum absolute atomic E-state index is 12.9. The Morgan fingerprint density at radius 2 is 1.85 bits per heavy atom. The van der Waals surface area contributed by atoms with E-state index >= 15 is 0 Å². The van der Waals surface area contributed by atoms with Crippen LogP contribution in [0.25, 0.3) is 0 Å². The number of nitrogens with one attached hydrogen (secondary N) is 4. The Hall–Kier alpha value is -3.14. The van der Waals surface area contributed by atoms with Gasteiger partial charge in [0.15, 0.2) is 0 Å². The number of ether oxygens (including phenoxy) is 2. The molecular formula is C24H34N4O6. The average Bonchev–Trinajstić information content (AvgIpc) is 3.53. The van der Waals surface area contributed by atoms with Gasteiger partial charge in [-0.1, -0.05) is 30.3 Å². The first-order valence-corrected chi connectivity index (χ1v) is 11.8. The third kappa shape index (κ3) is 8.02. The fourth-order valence-corrected chi connectivity index (χ4v) is 3.97. The summed E-state index contributed by atoms with van der Waals surface area (Å²) in [4.78, 5) is 49.8. The first-order chi connectivity index (χ1) is 16.5. The molecule has 2 fully saturated rings. The summed E-state index contributed by atoms with van der Waals surface area (Å²) in [6, 6.07) is 8.42. The van der Waals surface area contributed by atoms with Crippen molar-refractivity contribution >= 4 is 23.9 Å². The number of carbonyl (C=O) groups excluding carboxylic acids is 4. The number of methoxy groups -OCH3 is 1. The number of hydrogen-bond acceptors (Lipinski definition) is 7. The van der Waals surface area contributed by atoms with E-state index in [1.165, 1.54) is 7.11 Å². The lowest BCUT2D eigenvalue weighted by molar-refractivity contribution is -0.147. The van der Waals surface area contributed by atoms with Crippen molar-refractivity contribution < 1.29 is 28.7 Å². The number of benzene rings is 1. The summed E-state index contributed by atoms with van der Waals surface area (Å²) in [7, 11) is 1.25. The number of carbonyl (C=O) groups is 4. The molecule has 1 saturated carbocycles. The Morgan fingerprint density at radius 1 is 1.09 bits per heavy atom. The fraction of sp³-hybridized carbons (Fsp3) is 0.583. The van der Waals surface area contributed by atoms with E-state index in [2.05, 4.69) is 21.3 Å². The highest BCUT2D eigenvalue weighted by atomic mass is 16.5. The van der Waals surface area contributed by atoms with Gasteiger partial charge in [-0.25, -0.2) is 9.59 Å². The van der Waals surface area contributed by atoms with Gasteiger partial charge in [-0.2, -0.15) is 0 Å². The minimum Gasteiger partial charge on any atom is -0.467 e. The van der Waals surface area contributed by atoms with Gasteiger partial charge in [0.05, 0.1) is 13.3 Å². The van der Waals surface area contributed by atoms with Gasteiger partial charge in [0, 0.05) is 6.54 Å². The molecule has 0 radical (unpaired) electrons. The summed E-state index contributed by atoms with van der Waals surface area (Å²) in [5.74, 6) is -2.22. The van der Waals surface area contributed by atoms with Crippen LogP contribution in [0.3, 0.4) is 0 Å². The third-order valence-electron chi connectivity index (χ3n) is 5.99. The summed E-state index contributed by atoms with van der Waals surface area (Å²) in [6.45, 7) is 1.26. The van der Waals surface area contributed by atoms with E-state index in [1.54, 1.807) is 0 Å². The van der Waals surface area contributed by atoms with Crippen molar-refractivity contribution in [3.63, 3.8) is 0 Å². The predicted molar refractivity (Wildman–Crippen MR) is 123 cm³/mol. The van der Waals surface area contributed by atoms with Crippen molar-refractivity contribution in [3.05, 3.63) is 35.9 Å². The lowest BCUT2D eigenvalue weighted by Gasteiger charge is -2.22. The quantitative estimate of drug-likeness (QED) is 0.203. The second-order valence-electron chi connectivity index (χ2n) is 8.69. The Labute approximate surface area is 199 Å². The molecule has 3 atom stereocenters. The molecule has 10 heteroatoms. The predicted octanol–water partition coefficient (Wildman–Crippen LogP) is 1.20. The molecule has 10 nitrogen and oxygen atoms in total. The monoisotopic (exact) mass is 474 g/mol. The minimum atomic E-state index is -0.904. The number of rotatable bonds is 12. The fourth-order valence-electron chi connectivity index (χ4n) is 3.97. The lowest BCUT2D eigenvalue weighted by atomic mass is 10.00. The molecule has 0 unspecified atom stereocenters. The molecule has 0 spiro atoms. The van der Waals surface area contributed by atoms with Crippen LogP contribution in [0.1, 0.15) is 44.1 Å². The number of esters is 1. The molecule has 4 N–H and O–H groups in total. The van der Waals surface area contributed by atoms with Crippen molar-refractivity contribution in [2.45, 2.75) is 57.3 Å². The first-order valence-electron chi connectivity index (χ1n) is 11.8. The lowest BCUT2D eigenvalue weighted by Crippen LogP contribution is -2.51. The van der Waals surface area contributed by atoms with Crippen molar-refractivity contribution in [3.8, 4) is 0 Å². The van der Waals surface area contributed by atoms with Crippen LogP contribution in [0, 0.1) is 11.8 Å². The van der Waals surface area contributed by atoms with E-state index in [0.717, 1.165) is 37.8 Å². The molecule has 1 aliphatic carbocycles. The Morgan fingerprint density at radius 3 is 2.50 bits per heavy atom. The van der Waals surface area contributed by atoms with Crippen LogP contribution >= 0.6 is 0 Å². The van der Waals surface area contributed by atoms with Crippen molar-refractivity contribution in [1.29, 1.82) is 0 Å². The highest BCUT2D eigenvalue weighted by Gasteiger charge is 2.43. The molecule has 186 valence electrons. The maximum Gasteiger partial charge on any atom is 0.407 e. The summed E-state index contributed by atoms with van der Waals surface area (Å²) in [5.41, 5.74) is 0.879. The molecule has 1 aromatic rings. The molecule has 2 aliphatic rings. The largest absolute Gasteiger partial charge is 0.467 e. The second-order valence-corrected chi connectivity index (χ2v) is 8.69. The van der Waals surface area contributed by atoms with Gasteiger partial charge in [-0.3, -0.25) is 14.9 Å². The average molecular weight is 475 g/mol. The summed E-state index contributed by atoms with van der Waals surface area (Å²) >= 11 is 0. The van der Waals surface area contributed by atoms with E-state index in [1.807, 2.05) is 30.3 Å². The van der Waals surface area contributed by atoms with Gasteiger partial charge in [-0.15, -0.1) is 0 Å². The molecule has 3 rings (SSSR count). The first kappa shape index (κ1) is 25.5. The normalized spacial score (nSPS) is 18.9. The highest BCUT2D eigenvalue weighted by Crippen LogP contribution is 2.37. The number of hydrogen-bond donors (Lipinski definition) is 4. The molecule has 3 amide bonds. The van der Waals surface area contributed by atoms with Crippen LogP contribution in [0.2, 0.25) is 0 Å². The van der Waals surface area contributed by atoms with Gasteiger partial charge < -0.3 is 25.4 Å². The number of alkyl carbamates (subject to hydrolysis) is 1. The minimum absolute atomic E-state index is 0.0132. The molecule has 1 saturated heterocycles. The standard InChI is InChI=1S/C24H34N4O6/c1-33-23(31)18(9-5-14-26-24(32)34-15-16-7-3-2-4-8-16)27-21(29)20(17-11-12-17)22(30)28-19-10-6-13-25-19/h2-4,7-8,17-20,25H,5-6,9-15H2,1H3,(H,26,32)(H,27,29)(H,28,30)/t18-,19-,20-/m0/s1. The Bertz CT molecular complexity index is 839. The van der Waals surface area contributed by atoms with Crippen molar-refractivity contribution in [2.75, 3.05) is 20.2 Å². The van der Waals surface area contributed by atoms with Crippen LogP contribution in [0.4, 0.5) is 4.79 Å². The molecule has 1 aliphatic heterocycles. The van der Waals surface area contributed by atoms with E-state index in [0.29, 0.717) is 6.42 Å². The van der Waals surface area contributed by atoms with Crippen LogP contribution < -0.4 is 21.3 Å². The van der Waals surface area contributed by atoms with Gasteiger partial charge in [0.1, 0.15) is 18.6 Å². The molecule has 1 heterocycles. The zero-order valence-electron chi connectivity index (χ0n) is 19.5. The zero-order chi connectivity index (χ0) is 24.3. The van der Waals surface area contributed by atoms with Crippen molar-refractivity contribution in [2.24, 2.45) is 11.8 Å². The summed E-state index contributed by atoms with van der Waals surface area (Å²) < 4.78 is 9.98. The smallest absolute Gasteiger partial charge is 0.407 e. The van der Waals surface area contributed by atoms with Crippen molar-refractivity contribution in [1.82, 2.24) is 21.3 Å². The summed E-state index contributed by atoms with van der Waals surface area (Å²) in [5, 5.41) is 11.4. The van der Waals surface area contributed by atoms with Crippen LogP contribution in [0.5, 0.6) is 0 Å². The van der Waals surface area contributed by atoms with Crippen LogP contribution in [-0.4, -0.2) is 56.3 Å². The summed E-state index contributed by atoms with van der Waals surface area (Å²) in [6.07, 6.45) is 3.40. The number of amides is 3. The van der Waals surface area contributed by atoms with Crippen LogP contribution in [-0.2, 0) is 30.5 Å². The molecule has 0 bridgehead atoms.